The first-order chi connectivity index (χ1) is 27.5. The number of nitrogens with zero attached hydrogens (tertiary/aromatic N) is 5. The van der Waals surface area contributed by atoms with Crippen LogP contribution in [0.1, 0.15) is 110 Å². The van der Waals surface area contributed by atoms with Crippen LogP contribution in [0, 0.1) is 11.2 Å². The van der Waals surface area contributed by atoms with Gasteiger partial charge in [0.25, 0.3) is 0 Å². The van der Waals surface area contributed by atoms with Crippen molar-refractivity contribution in [3.05, 3.63) is 65.4 Å². The number of fused-ring (bicyclic) bond motifs is 1. The highest BCUT2D eigenvalue weighted by molar-refractivity contribution is 7.16. The third kappa shape index (κ3) is 12.4. The highest BCUT2D eigenvalue weighted by atomic mass is 31.1. The van der Waals surface area contributed by atoms with E-state index in [0.29, 0.717) is 25.1 Å². The van der Waals surface area contributed by atoms with Gasteiger partial charge in [-0.15, -0.1) is 0 Å². The number of anilines is 1. The molecule has 2 aliphatic rings. The van der Waals surface area contributed by atoms with Gasteiger partial charge >= 0.3 is 8.69 Å². The number of aromatic nitrogens is 3. The van der Waals surface area contributed by atoms with Crippen molar-refractivity contribution in [1.82, 2.24) is 30.3 Å². The first kappa shape index (κ1) is 45.9. The van der Waals surface area contributed by atoms with Gasteiger partial charge in [0.15, 0.2) is 0 Å². The summed E-state index contributed by atoms with van der Waals surface area (Å²) in [6, 6.07) is 13.2. The van der Waals surface area contributed by atoms with E-state index < -0.39 is 8.69 Å². The molecule has 4 heterocycles. The number of amides is 1. The Morgan fingerprint density at radius 1 is 1.05 bits per heavy atom. The van der Waals surface area contributed by atoms with Gasteiger partial charge in [0.05, 0.1) is 40.8 Å². The summed E-state index contributed by atoms with van der Waals surface area (Å²) in [5.74, 6) is -0.254. The molecule has 2 fully saturated rings. The van der Waals surface area contributed by atoms with Crippen LogP contribution < -0.4 is 15.8 Å². The minimum atomic E-state index is -0.833. The van der Waals surface area contributed by atoms with Gasteiger partial charge < -0.3 is 19.1 Å². The number of pyridine rings is 2. The van der Waals surface area contributed by atoms with Crippen LogP contribution in [-0.2, 0) is 33.5 Å². The summed E-state index contributed by atoms with van der Waals surface area (Å²) >= 11 is 0. The molecule has 13 heteroatoms. The molecule has 1 saturated heterocycles. The van der Waals surface area contributed by atoms with E-state index >= 15 is 4.39 Å². The Kier molecular flexibility index (Phi) is 18.0. The van der Waals surface area contributed by atoms with Crippen molar-refractivity contribution in [2.45, 2.75) is 119 Å². The lowest BCUT2D eigenvalue weighted by Gasteiger charge is -2.36. The van der Waals surface area contributed by atoms with Crippen LogP contribution in [0.25, 0.3) is 33.4 Å². The van der Waals surface area contributed by atoms with Crippen LogP contribution in [0.5, 0.6) is 0 Å². The fraction of sp³-hybridized carbons (Fsp3) is 0.568. The monoisotopic (exact) mass is 805 g/mol. The van der Waals surface area contributed by atoms with E-state index in [2.05, 4.69) is 84.1 Å². The second-order valence-electron chi connectivity index (χ2n) is 15.9. The molecule has 1 aliphatic carbocycles. The molecule has 0 radical (unpaired) electrons. The van der Waals surface area contributed by atoms with E-state index in [4.69, 9.17) is 24.2 Å². The number of hydrogen-bond acceptors (Lipinski definition) is 8. The lowest BCUT2D eigenvalue weighted by atomic mass is 9.85. The van der Waals surface area contributed by atoms with E-state index in [-0.39, 0.29) is 17.3 Å². The van der Waals surface area contributed by atoms with Crippen molar-refractivity contribution >= 4 is 31.7 Å². The second-order valence-corrected chi connectivity index (χ2v) is 16.0. The molecule has 11 nitrogen and oxygen atoms in total. The van der Waals surface area contributed by atoms with Gasteiger partial charge in [0.2, 0.25) is 6.41 Å². The molecule has 1 aromatic carbocycles. The first-order valence-corrected chi connectivity index (χ1v) is 21.5. The SMILES string of the molecule is CC.CCn1c(-c2cc(N3CCN(C4CC4)CC3)cnc2C(C)OC)c(CC(C)(C)C)c2cc(-c3ccc(F)c(CCCCCCNNC=O)n3)ccc21.O=PO. The Labute approximate surface area is 341 Å². The number of nitrogens with one attached hydrogen (secondary N) is 2. The largest absolute Gasteiger partial charge is 0.375 e. The maximum absolute atomic E-state index is 15.0. The molecular weight excluding hydrogens is 741 g/mol. The average molecular weight is 806 g/mol. The van der Waals surface area contributed by atoms with Gasteiger partial charge in [-0.2, -0.15) is 0 Å². The fourth-order valence-electron chi connectivity index (χ4n) is 7.77. The number of aryl methyl sites for hydroxylation is 2. The van der Waals surface area contributed by atoms with E-state index in [1.807, 2.05) is 26.1 Å². The third-order valence-corrected chi connectivity index (χ3v) is 10.7. The van der Waals surface area contributed by atoms with Crippen LogP contribution in [0.3, 0.4) is 0 Å². The Balaban J connectivity index is 0.00000137. The average Bonchev–Trinajstić information content (AvgIpc) is 4.03. The van der Waals surface area contributed by atoms with Crippen LogP contribution in [0.4, 0.5) is 10.1 Å². The topological polar surface area (TPSA) is 125 Å². The molecule has 312 valence electrons. The summed E-state index contributed by atoms with van der Waals surface area (Å²) in [4.78, 5) is 32.5. The maximum Gasteiger partial charge on any atom is 0.324 e. The highest BCUT2D eigenvalue weighted by Gasteiger charge is 2.32. The Hall–Kier alpha value is -3.80. The molecule has 4 aromatic rings. The zero-order valence-corrected chi connectivity index (χ0v) is 36.3. The number of ether oxygens (including phenoxy) is 1. The van der Waals surface area contributed by atoms with Crippen molar-refractivity contribution < 1.29 is 23.4 Å². The fourth-order valence-corrected chi connectivity index (χ4v) is 7.77. The van der Waals surface area contributed by atoms with Crippen LogP contribution in [0.2, 0.25) is 0 Å². The summed E-state index contributed by atoms with van der Waals surface area (Å²) in [6.45, 7) is 21.0. The van der Waals surface area contributed by atoms with E-state index in [9.17, 15) is 4.79 Å². The van der Waals surface area contributed by atoms with Crippen LogP contribution in [0.15, 0.2) is 42.6 Å². The number of halogens is 1. The third-order valence-electron chi connectivity index (χ3n) is 10.7. The number of methoxy groups -OCH3 is 1. The Morgan fingerprint density at radius 3 is 2.39 bits per heavy atom. The second kappa shape index (κ2) is 22.4. The zero-order valence-electron chi connectivity index (χ0n) is 35.4. The van der Waals surface area contributed by atoms with Crippen molar-refractivity contribution in [2.24, 2.45) is 5.41 Å². The minimum Gasteiger partial charge on any atom is -0.375 e. The smallest absolute Gasteiger partial charge is 0.324 e. The molecule has 1 saturated carbocycles. The van der Waals surface area contributed by atoms with Crippen molar-refractivity contribution in [1.29, 1.82) is 0 Å². The summed E-state index contributed by atoms with van der Waals surface area (Å²) in [6.07, 6.45) is 10.4. The molecule has 0 spiro atoms. The zero-order chi connectivity index (χ0) is 41.5. The summed E-state index contributed by atoms with van der Waals surface area (Å²) in [7, 11) is 0.927. The normalized spacial score (nSPS) is 15.2. The number of rotatable bonds is 17. The van der Waals surface area contributed by atoms with Gasteiger partial charge in [-0.25, -0.2) is 19.4 Å². The number of hydrazine groups is 1. The first-order valence-electron chi connectivity index (χ1n) is 20.7. The number of benzene rings is 1. The van der Waals surface area contributed by atoms with Gasteiger partial charge in [-0.3, -0.25) is 20.1 Å². The van der Waals surface area contributed by atoms with Crippen LogP contribution in [-0.4, -0.2) is 76.6 Å². The summed E-state index contributed by atoms with van der Waals surface area (Å²) in [5, 5.41) is 1.20. The Morgan fingerprint density at radius 2 is 1.75 bits per heavy atom. The Bertz CT molecular complexity index is 1890. The maximum atomic E-state index is 15.0. The molecule has 3 aromatic heterocycles. The molecule has 3 N–H and O–H groups in total. The molecule has 1 amide bonds. The summed E-state index contributed by atoms with van der Waals surface area (Å²) < 4.78 is 31.8. The lowest BCUT2D eigenvalue weighted by molar-refractivity contribution is -0.110. The van der Waals surface area contributed by atoms with E-state index in [1.54, 1.807) is 13.2 Å². The van der Waals surface area contributed by atoms with Gasteiger partial charge in [-0.05, 0) is 93.7 Å². The molecular formula is C44H65FN7O4P. The van der Waals surface area contributed by atoms with Gasteiger partial charge in [-0.1, -0.05) is 53.5 Å². The van der Waals surface area contributed by atoms with E-state index in [1.165, 1.54) is 40.7 Å². The lowest BCUT2D eigenvalue weighted by Crippen LogP contribution is -2.47. The molecule has 1 atom stereocenters. The van der Waals surface area contributed by atoms with Gasteiger partial charge in [0.1, 0.15) is 5.82 Å². The quantitative estimate of drug-likeness (QED) is 0.0415. The standard InChI is InChI=1S/C42H58FN7O2.C2H6.HO2P/c1-7-50-39-18-13-30(37-17-16-36(43)38(47-37)12-10-8-9-11-19-45-46-28-51)24-33(39)35(26-42(3,4)5)41(50)34-25-32(27-44-40(34)29(2)52-6)49-22-20-48(21-23-49)31-14-15-31;1-2;1-3-2/h13,16-18,24-25,27-29,31,45H,7-12,14-15,19-23,26H2,1-6H3,(H,46,51);1-2H3;(H,1,2). The predicted octanol–water partition coefficient (Wildman–Crippen LogP) is 9.07. The van der Waals surface area contributed by atoms with E-state index in [0.717, 1.165) is 93.4 Å². The molecule has 1 aliphatic heterocycles. The number of carbonyl (C=O) groups is 1. The molecule has 0 bridgehead atoms. The summed E-state index contributed by atoms with van der Waals surface area (Å²) in [5.41, 5.74) is 14.6. The van der Waals surface area contributed by atoms with Gasteiger partial charge in [0, 0.05) is 74.5 Å². The number of piperazine rings is 1. The van der Waals surface area contributed by atoms with Crippen molar-refractivity contribution in [3.8, 4) is 22.5 Å². The molecule has 6 rings (SSSR count). The molecule has 1 unspecified atom stereocenters. The molecule has 57 heavy (non-hydrogen) atoms. The van der Waals surface area contributed by atoms with Crippen molar-refractivity contribution in [2.75, 3.05) is 44.7 Å². The number of hydrogen-bond donors (Lipinski definition) is 3. The highest BCUT2D eigenvalue weighted by Crippen LogP contribution is 2.42. The number of unbranched alkanes of at least 4 members (excludes halogenated alkanes) is 3. The minimum absolute atomic E-state index is 0.0250. The predicted molar refractivity (Wildman–Crippen MR) is 230 cm³/mol. The van der Waals surface area contributed by atoms with Crippen LogP contribution >= 0.6 is 8.69 Å². The number of carbonyl (C=O) groups excluding carboxylic acids is 1. The van der Waals surface area contributed by atoms with Crippen molar-refractivity contribution in [3.63, 3.8) is 0 Å².